The van der Waals surface area contributed by atoms with Crippen molar-refractivity contribution in [2.24, 2.45) is 11.7 Å². The molecule has 3 rings (SSSR count). The number of nitrogens with two attached hydrogens (primary N) is 1. The number of nitrogens with zero attached hydrogens (tertiary/aromatic N) is 1. The molecule has 0 saturated carbocycles. The number of piperidine rings is 1. The smallest absolute Gasteiger partial charge is 0.255 e. The third kappa shape index (κ3) is 4.91. The van der Waals surface area contributed by atoms with Gasteiger partial charge in [-0.05, 0) is 60.7 Å². The van der Waals surface area contributed by atoms with Gasteiger partial charge in [0.1, 0.15) is 0 Å². The van der Waals surface area contributed by atoms with Crippen LogP contribution in [0.1, 0.15) is 41.3 Å². The van der Waals surface area contributed by atoms with Gasteiger partial charge in [-0.3, -0.25) is 9.69 Å². The zero-order valence-corrected chi connectivity index (χ0v) is 14.9. The van der Waals surface area contributed by atoms with Crippen molar-refractivity contribution < 1.29 is 4.79 Å². The third-order valence-corrected chi connectivity index (χ3v) is 4.81. The van der Waals surface area contributed by atoms with Crippen molar-refractivity contribution in [3.8, 4) is 0 Å². The number of rotatable bonds is 5. The maximum atomic E-state index is 12.3. The van der Waals surface area contributed by atoms with E-state index in [1.165, 1.54) is 31.5 Å². The van der Waals surface area contributed by atoms with Crippen molar-refractivity contribution >= 4 is 11.6 Å². The largest absolute Gasteiger partial charge is 0.326 e. The lowest BCUT2D eigenvalue weighted by Gasteiger charge is -2.30. The zero-order valence-electron chi connectivity index (χ0n) is 14.9. The first-order valence-electron chi connectivity index (χ1n) is 9.05. The topological polar surface area (TPSA) is 58.4 Å². The number of nitrogens with one attached hydrogen (secondary N) is 1. The summed E-state index contributed by atoms with van der Waals surface area (Å²) in [6.07, 6.45) is 2.63. The van der Waals surface area contributed by atoms with Crippen LogP contribution in [0.3, 0.4) is 0 Å². The molecule has 1 aliphatic heterocycles. The average Bonchev–Trinajstić information content (AvgIpc) is 2.63. The Balaban J connectivity index is 1.57. The minimum Gasteiger partial charge on any atom is -0.326 e. The molecule has 2 aromatic carbocycles. The van der Waals surface area contributed by atoms with E-state index in [0.717, 1.165) is 23.7 Å². The van der Waals surface area contributed by atoms with Gasteiger partial charge in [0.15, 0.2) is 0 Å². The van der Waals surface area contributed by atoms with E-state index in [9.17, 15) is 4.79 Å². The number of hydrogen-bond donors (Lipinski definition) is 2. The number of carbonyl (C=O) groups excluding carboxylic acids is 1. The van der Waals surface area contributed by atoms with Crippen LogP contribution < -0.4 is 11.1 Å². The lowest BCUT2D eigenvalue weighted by Crippen LogP contribution is -2.33. The van der Waals surface area contributed by atoms with E-state index in [4.69, 9.17) is 5.73 Å². The number of hydrogen-bond acceptors (Lipinski definition) is 3. The Hall–Kier alpha value is -2.17. The summed E-state index contributed by atoms with van der Waals surface area (Å²) >= 11 is 0. The molecule has 1 saturated heterocycles. The number of amides is 1. The van der Waals surface area contributed by atoms with E-state index in [-0.39, 0.29) is 5.91 Å². The standard InChI is InChI=1S/C21H27N3O/c1-16-3-2-12-24(14-16)15-18-6-10-20(11-7-18)23-21(25)19-8-4-17(13-22)5-9-19/h4-11,16H,2-3,12-15,22H2,1H3,(H,23,25). The van der Waals surface area contributed by atoms with Crippen LogP contribution in [0.4, 0.5) is 5.69 Å². The van der Waals surface area contributed by atoms with E-state index >= 15 is 0 Å². The molecule has 0 radical (unpaired) electrons. The lowest BCUT2D eigenvalue weighted by molar-refractivity contribution is 0.102. The Kier molecular flexibility index (Phi) is 5.84. The molecule has 2 aromatic rings. The van der Waals surface area contributed by atoms with Crippen LogP contribution in [0.5, 0.6) is 0 Å². The molecule has 25 heavy (non-hydrogen) atoms. The van der Waals surface area contributed by atoms with Crippen LogP contribution in [0.15, 0.2) is 48.5 Å². The van der Waals surface area contributed by atoms with Crippen LogP contribution in [0.2, 0.25) is 0 Å². The van der Waals surface area contributed by atoms with Gasteiger partial charge in [-0.1, -0.05) is 31.2 Å². The van der Waals surface area contributed by atoms with Gasteiger partial charge in [0, 0.05) is 30.9 Å². The number of anilines is 1. The molecule has 1 heterocycles. The first-order valence-corrected chi connectivity index (χ1v) is 9.05. The van der Waals surface area contributed by atoms with Crippen molar-refractivity contribution in [2.45, 2.75) is 32.9 Å². The number of benzene rings is 2. The summed E-state index contributed by atoms with van der Waals surface area (Å²) in [4.78, 5) is 14.8. The van der Waals surface area contributed by atoms with Crippen LogP contribution in [-0.4, -0.2) is 23.9 Å². The fraction of sp³-hybridized carbons (Fsp3) is 0.381. The van der Waals surface area contributed by atoms with E-state index in [2.05, 4.69) is 29.3 Å². The summed E-state index contributed by atoms with van der Waals surface area (Å²) < 4.78 is 0. The predicted octanol–water partition coefficient (Wildman–Crippen LogP) is 3.63. The fourth-order valence-electron chi connectivity index (χ4n) is 3.38. The van der Waals surface area contributed by atoms with Crippen LogP contribution >= 0.6 is 0 Å². The molecule has 0 aromatic heterocycles. The highest BCUT2D eigenvalue weighted by atomic mass is 16.1. The summed E-state index contributed by atoms with van der Waals surface area (Å²) in [5.41, 5.74) is 9.36. The fourth-order valence-corrected chi connectivity index (χ4v) is 3.38. The molecular weight excluding hydrogens is 310 g/mol. The Morgan fingerprint density at radius 1 is 1.12 bits per heavy atom. The number of likely N-dealkylation sites (tertiary alicyclic amines) is 1. The molecule has 0 spiro atoms. The molecule has 0 bridgehead atoms. The van der Waals surface area contributed by atoms with Crippen LogP contribution in [0, 0.1) is 5.92 Å². The molecule has 1 fully saturated rings. The van der Waals surface area contributed by atoms with E-state index < -0.39 is 0 Å². The van der Waals surface area contributed by atoms with Gasteiger partial charge in [0.05, 0.1) is 0 Å². The molecule has 4 heteroatoms. The highest BCUT2D eigenvalue weighted by Crippen LogP contribution is 2.19. The Bertz CT molecular complexity index is 694. The quantitative estimate of drug-likeness (QED) is 0.876. The van der Waals surface area contributed by atoms with Gasteiger partial charge in [0.2, 0.25) is 0 Å². The minimum atomic E-state index is -0.0961. The zero-order chi connectivity index (χ0) is 17.6. The van der Waals surface area contributed by atoms with Gasteiger partial charge >= 0.3 is 0 Å². The molecule has 4 nitrogen and oxygen atoms in total. The van der Waals surface area contributed by atoms with Crippen molar-refractivity contribution in [3.05, 3.63) is 65.2 Å². The molecule has 1 aliphatic rings. The van der Waals surface area contributed by atoms with Crippen molar-refractivity contribution in [2.75, 3.05) is 18.4 Å². The summed E-state index contributed by atoms with van der Waals surface area (Å²) in [7, 11) is 0. The lowest BCUT2D eigenvalue weighted by atomic mass is 10.00. The Morgan fingerprint density at radius 3 is 2.44 bits per heavy atom. The summed E-state index contributed by atoms with van der Waals surface area (Å²) in [6.45, 7) is 6.15. The van der Waals surface area contributed by atoms with E-state index in [1.54, 1.807) is 0 Å². The second kappa shape index (κ2) is 8.28. The van der Waals surface area contributed by atoms with Gasteiger partial charge in [-0.25, -0.2) is 0 Å². The molecule has 3 N–H and O–H groups in total. The average molecular weight is 337 g/mol. The van der Waals surface area contributed by atoms with Gasteiger partial charge in [-0.15, -0.1) is 0 Å². The van der Waals surface area contributed by atoms with E-state index in [0.29, 0.717) is 12.1 Å². The maximum Gasteiger partial charge on any atom is 0.255 e. The van der Waals surface area contributed by atoms with Crippen molar-refractivity contribution in [3.63, 3.8) is 0 Å². The monoisotopic (exact) mass is 337 g/mol. The second-order valence-electron chi connectivity index (χ2n) is 7.03. The Morgan fingerprint density at radius 2 is 1.80 bits per heavy atom. The summed E-state index contributed by atoms with van der Waals surface area (Å²) in [6, 6.07) is 15.6. The van der Waals surface area contributed by atoms with Crippen LogP contribution in [0.25, 0.3) is 0 Å². The normalized spacial score (nSPS) is 18.1. The molecule has 1 amide bonds. The number of carbonyl (C=O) groups is 1. The first-order chi connectivity index (χ1) is 12.1. The molecule has 1 unspecified atom stereocenters. The molecule has 1 atom stereocenters. The van der Waals surface area contributed by atoms with Gasteiger partial charge in [-0.2, -0.15) is 0 Å². The molecule has 132 valence electrons. The second-order valence-corrected chi connectivity index (χ2v) is 7.03. The first kappa shape index (κ1) is 17.6. The predicted molar refractivity (Wildman–Crippen MR) is 102 cm³/mol. The van der Waals surface area contributed by atoms with Crippen LogP contribution in [-0.2, 0) is 13.1 Å². The molecular formula is C21H27N3O. The minimum absolute atomic E-state index is 0.0961. The molecule has 0 aliphatic carbocycles. The maximum absolute atomic E-state index is 12.3. The summed E-state index contributed by atoms with van der Waals surface area (Å²) in [5.74, 6) is 0.694. The third-order valence-electron chi connectivity index (χ3n) is 4.81. The highest BCUT2D eigenvalue weighted by molar-refractivity contribution is 6.04. The Labute approximate surface area is 150 Å². The van der Waals surface area contributed by atoms with Crippen molar-refractivity contribution in [1.82, 2.24) is 4.90 Å². The van der Waals surface area contributed by atoms with Gasteiger partial charge in [0.25, 0.3) is 5.91 Å². The SMILES string of the molecule is CC1CCCN(Cc2ccc(NC(=O)c3ccc(CN)cc3)cc2)C1. The summed E-state index contributed by atoms with van der Waals surface area (Å²) in [5, 5.41) is 2.95. The van der Waals surface area contributed by atoms with Crippen molar-refractivity contribution in [1.29, 1.82) is 0 Å². The highest BCUT2D eigenvalue weighted by Gasteiger charge is 2.16. The van der Waals surface area contributed by atoms with Gasteiger partial charge < -0.3 is 11.1 Å². The van der Waals surface area contributed by atoms with E-state index in [1.807, 2.05) is 36.4 Å².